The largest absolute Gasteiger partial charge is 0.338 e. The molecule has 0 heterocycles. The molecule has 0 radical (unpaired) electrons. The summed E-state index contributed by atoms with van der Waals surface area (Å²) in [6, 6.07) is 7.71. The van der Waals surface area contributed by atoms with Crippen LogP contribution in [0.15, 0.2) is 24.3 Å². The zero-order chi connectivity index (χ0) is 14.5. The van der Waals surface area contributed by atoms with Crippen LogP contribution in [0.1, 0.15) is 31.7 Å². The number of hydrogen-bond donors (Lipinski definition) is 1. The second-order valence-corrected chi connectivity index (χ2v) is 5.88. The minimum Gasteiger partial charge on any atom is -0.338 e. The lowest BCUT2D eigenvalue weighted by molar-refractivity contribution is -0.137. The van der Waals surface area contributed by atoms with Crippen molar-refractivity contribution >= 4 is 17.5 Å². The molecule has 2 atom stereocenters. The highest BCUT2D eigenvalue weighted by atomic mass is 35.5. The van der Waals surface area contributed by atoms with E-state index in [2.05, 4.69) is 0 Å². The number of rotatable bonds is 5. The molecule has 4 heteroatoms. The maximum Gasteiger partial charge on any atom is 0.226 e. The molecule has 0 aromatic heterocycles. The van der Waals surface area contributed by atoms with Crippen molar-refractivity contribution in [2.24, 2.45) is 17.6 Å². The third-order valence-corrected chi connectivity index (χ3v) is 4.66. The minimum atomic E-state index is 0.0995. The first-order valence-electron chi connectivity index (χ1n) is 7.39. The van der Waals surface area contributed by atoms with E-state index < -0.39 is 0 Å². The van der Waals surface area contributed by atoms with Crippen LogP contribution in [0.2, 0.25) is 5.02 Å². The number of nitrogens with two attached hydrogens (primary N) is 1. The van der Waals surface area contributed by atoms with Crippen LogP contribution in [0.25, 0.3) is 0 Å². The van der Waals surface area contributed by atoms with E-state index in [0.717, 1.165) is 29.8 Å². The molecule has 0 bridgehead atoms. The third kappa shape index (κ3) is 3.33. The van der Waals surface area contributed by atoms with Crippen molar-refractivity contribution in [2.75, 3.05) is 13.1 Å². The van der Waals surface area contributed by atoms with Gasteiger partial charge < -0.3 is 10.6 Å². The SMILES string of the molecule is CCN(Cc1ccccc1Cl)C(=O)C1CCCC1CN. The molecule has 0 aliphatic heterocycles. The predicted molar refractivity (Wildman–Crippen MR) is 82.4 cm³/mol. The summed E-state index contributed by atoms with van der Waals surface area (Å²) in [5.41, 5.74) is 6.79. The highest BCUT2D eigenvalue weighted by molar-refractivity contribution is 6.31. The number of benzene rings is 1. The van der Waals surface area contributed by atoms with E-state index >= 15 is 0 Å². The maximum absolute atomic E-state index is 12.7. The van der Waals surface area contributed by atoms with Crippen LogP contribution in [0.4, 0.5) is 0 Å². The number of halogens is 1. The summed E-state index contributed by atoms with van der Waals surface area (Å²) in [5, 5.41) is 0.723. The van der Waals surface area contributed by atoms with Crippen LogP contribution in [0.3, 0.4) is 0 Å². The van der Waals surface area contributed by atoms with Gasteiger partial charge in [0.25, 0.3) is 0 Å². The van der Waals surface area contributed by atoms with Crippen molar-refractivity contribution in [1.82, 2.24) is 4.90 Å². The average molecular weight is 295 g/mol. The molecule has 0 spiro atoms. The molecular formula is C16H23ClN2O. The summed E-state index contributed by atoms with van der Waals surface area (Å²) in [5.74, 6) is 0.686. The summed E-state index contributed by atoms with van der Waals surface area (Å²) < 4.78 is 0. The van der Waals surface area contributed by atoms with Gasteiger partial charge in [-0.3, -0.25) is 4.79 Å². The van der Waals surface area contributed by atoms with Crippen molar-refractivity contribution in [2.45, 2.75) is 32.7 Å². The van der Waals surface area contributed by atoms with Crippen LogP contribution >= 0.6 is 11.6 Å². The molecule has 2 N–H and O–H groups in total. The number of carbonyl (C=O) groups excluding carboxylic acids is 1. The summed E-state index contributed by atoms with van der Waals surface area (Å²) in [6.07, 6.45) is 3.16. The fourth-order valence-corrected chi connectivity index (χ4v) is 3.25. The molecule has 110 valence electrons. The van der Waals surface area contributed by atoms with Crippen LogP contribution in [0, 0.1) is 11.8 Å². The van der Waals surface area contributed by atoms with Gasteiger partial charge in [0.15, 0.2) is 0 Å². The Morgan fingerprint density at radius 1 is 1.40 bits per heavy atom. The predicted octanol–water partition coefficient (Wildman–Crippen LogP) is 3.06. The Morgan fingerprint density at radius 3 is 2.80 bits per heavy atom. The lowest BCUT2D eigenvalue weighted by atomic mass is 9.94. The van der Waals surface area contributed by atoms with E-state index in [1.807, 2.05) is 36.1 Å². The molecule has 1 aliphatic carbocycles. The van der Waals surface area contributed by atoms with Gasteiger partial charge in [-0.1, -0.05) is 36.2 Å². The number of nitrogens with zero attached hydrogens (tertiary/aromatic N) is 1. The Bertz CT molecular complexity index is 464. The fourth-order valence-electron chi connectivity index (χ4n) is 3.06. The van der Waals surface area contributed by atoms with Gasteiger partial charge >= 0.3 is 0 Å². The van der Waals surface area contributed by atoms with Gasteiger partial charge in [-0.25, -0.2) is 0 Å². The van der Waals surface area contributed by atoms with E-state index in [-0.39, 0.29) is 11.8 Å². The van der Waals surface area contributed by atoms with Crippen molar-refractivity contribution in [3.05, 3.63) is 34.9 Å². The number of hydrogen-bond acceptors (Lipinski definition) is 2. The van der Waals surface area contributed by atoms with Gasteiger partial charge in [0.1, 0.15) is 0 Å². The second-order valence-electron chi connectivity index (χ2n) is 5.48. The molecule has 1 amide bonds. The summed E-state index contributed by atoms with van der Waals surface area (Å²) in [4.78, 5) is 14.6. The Kier molecular flexibility index (Phi) is 5.44. The van der Waals surface area contributed by atoms with Crippen molar-refractivity contribution in [1.29, 1.82) is 0 Å². The minimum absolute atomic E-state index is 0.0995. The van der Waals surface area contributed by atoms with Crippen LogP contribution in [-0.2, 0) is 11.3 Å². The first kappa shape index (κ1) is 15.3. The van der Waals surface area contributed by atoms with Gasteiger partial charge in [-0.15, -0.1) is 0 Å². The Morgan fingerprint density at radius 2 is 2.15 bits per heavy atom. The third-order valence-electron chi connectivity index (χ3n) is 4.29. The molecule has 2 rings (SSSR count). The Hall–Kier alpha value is -1.06. The molecular weight excluding hydrogens is 272 g/mol. The zero-order valence-electron chi connectivity index (χ0n) is 12.0. The monoisotopic (exact) mass is 294 g/mol. The zero-order valence-corrected chi connectivity index (χ0v) is 12.8. The molecule has 20 heavy (non-hydrogen) atoms. The van der Waals surface area contributed by atoms with Crippen LogP contribution in [0.5, 0.6) is 0 Å². The van der Waals surface area contributed by atoms with E-state index in [1.165, 1.54) is 0 Å². The molecule has 1 fully saturated rings. The van der Waals surface area contributed by atoms with Crippen LogP contribution in [-0.4, -0.2) is 23.9 Å². The number of carbonyl (C=O) groups is 1. The van der Waals surface area contributed by atoms with E-state index in [9.17, 15) is 4.79 Å². The molecule has 1 aliphatic rings. The van der Waals surface area contributed by atoms with Gasteiger partial charge in [0, 0.05) is 24.0 Å². The average Bonchev–Trinajstić information content (AvgIpc) is 2.94. The first-order chi connectivity index (χ1) is 9.67. The standard InChI is InChI=1S/C16H23ClN2O/c1-2-19(11-13-6-3-4-9-15(13)17)16(20)14-8-5-7-12(14)10-18/h3-4,6,9,12,14H,2,5,7-8,10-11,18H2,1H3. The Labute approximate surface area is 126 Å². The molecule has 0 saturated heterocycles. The number of amides is 1. The first-order valence-corrected chi connectivity index (χ1v) is 7.77. The highest BCUT2D eigenvalue weighted by Crippen LogP contribution is 2.33. The lowest BCUT2D eigenvalue weighted by Gasteiger charge is -2.27. The van der Waals surface area contributed by atoms with Crippen LogP contribution < -0.4 is 5.73 Å². The smallest absolute Gasteiger partial charge is 0.226 e. The molecule has 2 unspecified atom stereocenters. The quantitative estimate of drug-likeness (QED) is 0.907. The molecule has 1 aromatic carbocycles. The molecule has 1 aromatic rings. The van der Waals surface area contributed by atoms with Gasteiger partial charge in [-0.05, 0) is 43.9 Å². The summed E-state index contributed by atoms with van der Waals surface area (Å²) in [6.45, 7) is 3.92. The summed E-state index contributed by atoms with van der Waals surface area (Å²) >= 11 is 6.19. The van der Waals surface area contributed by atoms with E-state index in [4.69, 9.17) is 17.3 Å². The second kappa shape index (κ2) is 7.09. The Balaban J connectivity index is 2.08. The highest BCUT2D eigenvalue weighted by Gasteiger charge is 2.34. The van der Waals surface area contributed by atoms with E-state index in [0.29, 0.717) is 25.6 Å². The van der Waals surface area contributed by atoms with Crippen molar-refractivity contribution < 1.29 is 4.79 Å². The topological polar surface area (TPSA) is 46.3 Å². The normalized spacial score (nSPS) is 21.9. The van der Waals surface area contributed by atoms with Gasteiger partial charge in [-0.2, -0.15) is 0 Å². The lowest BCUT2D eigenvalue weighted by Crippen LogP contribution is -2.38. The molecule has 1 saturated carbocycles. The maximum atomic E-state index is 12.7. The van der Waals surface area contributed by atoms with Crippen molar-refractivity contribution in [3.63, 3.8) is 0 Å². The van der Waals surface area contributed by atoms with Crippen molar-refractivity contribution in [3.8, 4) is 0 Å². The van der Waals surface area contributed by atoms with E-state index in [1.54, 1.807) is 0 Å². The fraction of sp³-hybridized carbons (Fsp3) is 0.562. The summed E-state index contributed by atoms with van der Waals surface area (Å²) in [7, 11) is 0. The molecule has 3 nitrogen and oxygen atoms in total. The van der Waals surface area contributed by atoms with Gasteiger partial charge in [0.05, 0.1) is 0 Å². The van der Waals surface area contributed by atoms with Gasteiger partial charge in [0.2, 0.25) is 5.91 Å².